The van der Waals surface area contributed by atoms with Crippen LogP contribution in [0.3, 0.4) is 0 Å². The van der Waals surface area contributed by atoms with E-state index in [9.17, 15) is 14.4 Å². The second-order valence-electron chi connectivity index (χ2n) is 7.17. The van der Waals surface area contributed by atoms with Gasteiger partial charge in [0.2, 0.25) is 0 Å². The molecule has 2 aromatic carbocycles. The topological polar surface area (TPSA) is 103 Å². The number of anilines is 1. The minimum atomic E-state index is -0.517. The maximum absolute atomic E-state index is 12.7. The molecular formula is C25H25ClN2O6S. The van der Waals surface area contributed by atoms with Gasteiger partial charge in [-0.2, -0.15) is 0 Å². The van der Waals surface area contributed by atoms with Crippen LogP contribution in [0.4, 0.5) is 5.69 Å². The van der Waals surface area contributed by atoms with Crippen molar-refractivity contribution in [1.29, 1.82) is 0 Å². The molecule has 2 N–H and O–H groups in total. The fraction of sp³-hybridized carbons (Fsp3) is 0.240. The number of rotatable bonds is 11. The van der Waals surface area contributed by atoms with Crippen LogP contribution in [-0.4, -0.2) is 44.7 Å². The monoisotopic (exact) mass is 516 g/mol. The third-order valence-corrected chi connectivity index (χ3v) is 6.05. The molecule has 184 valence electrons. The zero-order chi connectivity index (χ0) is 25.2. The smallest absolute Gasteiger partial charge is 0.344 e. The summed E-state index contributed by atoms with van der Waals surface area (Å²) in [5.41, 5.74) is 1.65. The normalized spacial score (nSPS) is 10.4. The molecule has 10 heteroatoms. The first-order valence-electron chi connectivity index (χ1n) is 10.8. The molecule has 0 aliphatic rings. The number of hydrogen-bond acceptors (Lipinski definition) is 7. The number of ether oxygens (including phenoxy) is 3. The lowest BCUT2D eigenvalue weighted by molar-refractivity contribution is -0.145. The third kappa shape index (κ3) is 7.21. The lowest BCUT2D eigenvalue weighted by atomic mass is 10.1. The Kier molecular flexibility index (Phi) is 9.51. The van der Waals surface area contributed by atoms with E-state index in [-0.39, 0.29) is 35.5 Å². The number of carbonyl (C=O) groups is 3. The van der Waals surface area contributed by atoms with Crippen molar-refractivity contribution in [2.45, 2.75) is 13.3 Å². The number of amides is 2. The van der Waals surface area contributed by atoms with E-state index >= 15 is 0 Å². The van der Waals surface area contributed by atoms with E-state index < -0.39 is 11.9 Å². The van der Waals surface area contributed by atoms with Gasteiger partial charge in [-0.05, 0) is 54.6 Å². The zero-order valence-corrected chi connectivity index (χ0v) is 20.8. The number of thiophene rings is 1. The zero-order valence-electron chi connectivity index (χ0n) is 19.3. The molecule has 0 aliphatic heterocycles. The predicted molar refractivity (Wildman–Crippen MR) is 135 cm³/mol. The molecule has 2 amide bonds. The molecule has 3 rings (SSSR count). The number of hydrogen-bond donors (Lipinski definition) is 2. The fourth-order valence-corrected chi connectivity index (χ4v) is 4.18. The number of nitrogens with one attached hydrogen (secondary N) is 2. The Bertz CT molecular complexity index is 1200. The van der Waals surface area contributed by atoms with Gasteiger partial charge in [0.1, 0.15) is 16.4 Å². The summed E-state index contributed by atoms with van der Waals surface area (Å²) < 4.78 is 15.5. The molecule has 35 heavy (non-hydrogen) atoms. The highest BCUT2D eigenvalue weighted by atomic mass is 35.5. The molecule has 0 saturated carbocycles. The maximum atomic E-state index is 12.7. The average Bonchev–Trinajstić information content (AvgIpc) is 3.31. The van der Waals surface area contributed by atoms with Gasteiger partial charge in [-0.15, -0.1) is 11.3 Å². The average molecular weight is 517 g/mol. The van der Waals surface area contributed by atoms with Gasteiger partial charge in [0, 0.05) is 12.1 Å². The summed E-state index contributed by atoms with van der Waals surface area (Å²) in [6, 6.07) is 13.7. The molecule has 0 radical (unpaired) electrons. The van der Waals surface area contributed by atoms with Crippen LogP contribution in [0.5, 0.6) is 11.5 Å². The predicted octanol–water partition coefficient (Wildman–Crippen LogP) is 4.58. The van der Waals surface area contributed by atoms with Gasteiger partial charge < -0.3 is 24.8 Å². The summed E-state index contributed by atoms with van der Waals surface area (Å²) in [5.74, 6) is -0.225. The number of benzene rings is 2. The van der Waals surface area contributed by atoms with Crippen molar-refractivity contribution in [2.75, 3.05) is 32.2 Å². The van der Waals surface area contributed by atoms with Gasteiger partial charge in [-0.1, -0.05) is 29.8 Å². The summed E-state index contributed by atoms with van der Waals surface area (Å²) in [7, 11) is 1.61. The van der Waals surface area contributed by atoms with Crippen molar-refractivity contribution in [1.82, 2.24) is 5.32 Å². The first-order chi connectivity index (χ1) is 16.9. The van der Waals surface area contributed by atoms with Gasteiger partial charge in [0.25, 0.3) is 11.8 Å². The van der Waals surface area contributed by atoms with Gasteiger partial charge >= 0.3 is 5.97 Å². The molecule has 0 spiro atoms. The summed E-state index contributed by atoms with van der Waals surface area (Å²) in [5, 5.41) is 7.52. The van der Waals surface area contributed by atoms with E-state index in [4.69, 9.17) is 25.8 Å². The molecular weight excluding hydrogens is 492 g/mol. The van der Waals surface area contributed by atoms with Crippen molar-refractivity contribution < 1.29 is 28.6 Å². The maximum Gasteiger partial charge on any atom is 0.344 e. The first-order valence-corrected chi connectivity index (χ1v) is 12.1. The minimum Gasteiger partial charge on any atom is -0.496 e. The van der Waals surface area contributed by atoms with Crippen molar-refractivity contribution in [3.05, 3.63) is 74.9 Å². The highest BCUT2D eigenvalue weighted by Gasteiger charge is 2.17. The van der Waals surface area contributed by atoms with Crippen LogP contribution < -0.4 is 20.1 Å². The molecule has 8 nitrogen and oxygen atoms in total. The molecule has 0 bridgehead atoms. The Morgan fingerprint density at radius 3 is 2.57 bits per heavy atom. The van der Waals surface area contributed by atoms with Crippen LogP contribution in [0.25, 0.3) is 0 Å². The van der Waals surface area contributed by atoms with E-state index in [1.165, 1.54) is 29.5 Å². The molecule has 0 aliphatic carbocycles. The Labute approximate surface area is 212 Å². The third-order valence-electron chi connectivity index (χ3n) is 4.84. The number of esters is 1. The largest absolute Gasteiger partial charge is 0.496 e. The first kappa shape index (κ1) is 26.1. The van der Waals surface area contributed by atoms with Crippen LogP contribution in [-0.2, 0) is 16.0 Å². The Balaban J connectivity index is 1.58. The molecule has 1 aromatic heterocycles. The second kappa shape index (κ2) is 12.8. The van der Waals surface area contributed by atoms with E-state index in [1.54, 1.807) is 25.5 Å². The fourth-order valence-electron chi connectivity index (χ4n) is 3.18. The number of para-hydroxylation sites is 1. The van der Waals surface area contributed by atoms with Gasteiger partial charge in [0.05, 0.1) is 24.4 Å². The summed E-state index contributed by atoms with van der Waals surface area (Å²) >= 11 is 7.43. The summed E-state index contributed by atoms with van der Waals surface area (Å²) in [4.78, 5) is 37.3. The van der Waals surface area contributed by atoms with Crippen LogP contribution in [0.1, 0.15) is 32.5 Å². The molecule has 0 saturated heterocycles. The summed E-state index contributed by atoms with van der Waals surface area (Å²) in [6.45, 7) is 2.07. The molecule has 3 aromatic rings. The molecule has 0 fully saturated rings. The van der Waals surface area contributed by atoms with Crippen LogP contribution in [0.15, 0.2) is 53.9 Å². The van der Waals surface area contributed by atoms with Crippen molar-refractivity contribution in [3.8, 4) is 11.5 Å². The molecule has 1 heterocycles. The van der Waals surface area contributed by atoms with Gasteiger partial charge in [-0.3, -0.25) is 9.59 Å². The lowest BCUT2D eigenvalue weighted by Gasteiger charge is -2.11. The van der Waals surface area contributed by atoms with Crippen LogP contribution in [0, 0.1) is 0 Å². The quantitative estimate of drug-likeness (QED) is 0.362. The SMILES string of the molecule is CCOC(=O)COc1ccc(C(=O)Nc2ccsc2C(=O)NCCc2ccccc2OC)cc1Cl. The Morgan fingerprint density at radius 1 is 1.03 bits per heavy atom. The van der Waals surface area contributed by atoms with Crippen molar-refractivity contribution in [3.63, 3.8) is 0 Å². The molecule has 0 unspecified atom stereocenters. The van der Waals surface area contributed by atoms with E-state index in [0.29, 0.717) is 23.5 Å². The van der Waals surface area contributed by atoms with E-state index in [1.807, 2.05) is 24.3 Å². The van der Waals surface area contributed by atoms with Crippen LogP contribution >= 0.6 is 22.9 Å². The summed E-state index contributed by atoms with van der Waals surface area (Å²) in [6.07, 6.45) is 0.603. The highest BCUT2D eigenvalue weighted by molar-refractivity contribution is 7.12. The van der Waals surface area contributed by atoms with Gasteiger partial charge in [-0.25, -0.2) is 4.79 Å². The molecule has 0 atom stereocenters. The number of carbonyl (C=O) groups excluding carboxylic acids is 3. The van der Waals surface area contributed by atoms with Gasteiger partial charge in [0.15, 0.2) is 6.61 Å². The Hall–Kier alpha value is -3.56. The van der Waals surface area contributed by atoms with E-state index in [0.717, 1.165) is 11.3 Å². The minimum absolute atomic E-state index is 0.168. The van der Waals surface area contributed by atoms with Crippen molar-refractivity contribution >= 4 is 46.4 Å². The van der Waals surface area contributed by atoms with E-state index in [2.05, 4.69) is 10.6 Å². The Morgan fingerprint density at radius 2 is 1.83 bits per heavy atom. The second-order valence-corrected chi connectivity index (χ2v) is 8.50. The van der Waals surface area contributed by atoms with Crippen molar-refractivity contribution in [2.24, 2.45) is 0 Å². The highest BCUT2D eigenvalue weighted by Crippen LogP contribution is 2.27. The lowest BCUT2D eigenvalue weighted by Crippen LogP contribution is -2.26. The number of halogens is 1. The number of methoxy groups -OCH3 is 1. The van der Waals surface area contributed by atoms with Crippen LogP contribution in [0.2, 0.25) is 5.02 Å². The standard InChI is InChI=1S/C25H25ClN2O6S/c1-3-33-22(29)15-34-21-9-8-17(14-18(21)26)24(30)28-19-11-13-35-23(19)25(31)27-12-10-16-6-4-5-7-20(16)32-2/h4-9,11,13-14H,3,10,12,15H2,1-2H3,(H,27,31)(H,28,30).